The highest BCUT2D eigenvalue weighted by molar-refractivity contribution is 7.90. The van der Waals surface area contributed by atoms with Gasteiger partial charge in [0.25, 0.3) is 15.9 Å². The second-order valence-electron chi connectivity index (χ2n) is 16.0. The summed E-state index contributed by atoms with van der Waals surface area (Å²) in [5.74, 6) is -3.76. The lowest BCUT2D eigenvalue weighted by Gasteiger charge is -2.28. The van der Waals surface area contributed by atoms with Gasteiger partial charge in [-0.15, -0.1) is 6.42 Å². The number of ether oxygens (including phenoxy) is 4. The molecule has 2 aliphatic heterocycles. The van der Waals surface area contributed by atoms with Crippen LogP contribution in [0.2, 0.25) is 10.0 Å². The summed E-state index contributed by atoms with van der Waals surface area (Å²) in [5, 5.41) is 29.9. The van der Waals surface area contributed by atoms with Gasteiger partial charge in [0.15, 0.2) is 18.2 Å². The first-order chi connectivity index (χ1) is 36.8. The Hall–Kier alpha value is -7.70. The molecule has 0 saturated heterocycles. The van der Waals surface area contributed by atoms with E-state index in [0.29, 0.717) is 22.3 Å². The Morgan fingerprint density at radius 1 is 0.987 bits per heavy atom. The summed E-state index contributed by atoms with van der Waals surface area (Å²) in [7, 11) is -7.47. The Morgan fingerprint density at radius 2 is 1.61 bits per heavy atom. The van der Waals surface area contributed by atoms with Gasteiger partial charge in [-0.25, -0.2) is 36.9 Å². The zero-order valence-corrected chi connectivity index (χ0v) is 44.4. The maximum atomic E-state index is 14.5. The zero-order valence-electron chi connectivity index (χ0n) is 40.4. The molecule has 2 aliphatic rings. The molecule has 3 aromatic carbocycles. The number of carbonyl (C=O) groups excluding carboxylic acids is 2. The van der Waals surface area contributed by atoms with Crippen LogP contribution in [-0.2, 0) is 37.1 Å². The van der Waals surface area contributed by atoms with Crippen molar-refractivity contribution < 1.29 is 103 Å². The number of carboxylic acid groups (broad SMARTS) is 3. The van der Waals surface area contributed by atoms with Crippen molar-refractivity contribution in [3.63, 3.8) is 0 Å². The van der Waals surface area contributed by atoms with Gasteiger partial charge in [0.1, 0.15) is 27.7 Å². The number of sulfonamides is 1. The van der Waals surface area contributed by atoms with Gasteiger partial charge in [-0.1, -0.05) is 55.1 Å². The summed E-state index contributed by atoms with van der Waals surface area (Å²) >= 11 is 12.6. The molecule has 0 unspecified atom stereocenters. The molecule has 79 heavy (non-hydrogen) atoms. The highest BCUT2D eigenvalue weighted by Gasteiger charge is 2.32. The average molecular weight is 1220 g/mol. The van der Waals surface area contributed by atoms with Crippen LogP contribution >= 0.6 is 42.3 Å². The Morgan fingerprint density at radius 3 is 2.15 bits per heavy atom. The number of carboxylic acids is 3. The van der Waals surface area contributed by atoms with E-state index in [4.69, 9.17) is 64.2 Å². The molecule has 4 heterocycles. The summed E-state index contributed by atoms with van der Waals surface area (Å²) in [6, 6.07) is 8.87. The summed E-state index contributed by atoms with van der Waals surface area (Å²) < 4.78 is 124. The molecule has 0 atom stereocenters. The van der Waals surface area contributed by atoms with E-state index in [1.165, 1.54) is 64.7 Å². The number of nitrogens with one attached hydrogen (secondary N) is 3. The molecule has 7 rings (SSSR count). The average Bonchev–Trinajstić information content (AvgIpc) is 4.00. The minimum atomic E-state index is -4.71. The number of rotatable bonds is 16. The zero-order chi connectivity index (χ0) is 59.2. The van der Waals surface area contributed by atoms with Gasteiger partial charge in [0, 0.05) is 30.6 Å². The highest BCUT2D eigenvalue weighted by Crippen LogP contribution is 2.38. The van der Waals surface area contributed by atoms with Crippen molar-refractivity contribution in [2.75, 3.05) is 43.3 Å². The molecular weight excluding hydrogens is 1180 g/mol. The first kappa shape index (κ1) is 63.8. The highest BCUT2D eigenvalue weighted by atomic mass is 35.5. The van der Waals surface area contributed by atoms with Gasteiger partial charge in [-0.2, -0.15) is 31.9 Å². The maximum Gasteiger partial charge on any atom is 0.388 e. The number of urea groups is 1. The van der Waals surface area contributed by atoms with Crippen LogP contribution in [0.1, 0.15) is 40.4 Å². The van der Waals surface area contributed by atoms with Crippen LogP contribution in [-0.4, -0.2) is 129 Å². The Labute approximate surface area is 456 Å². The number of aliphatic carboxylic acids is 1. The number of hydrogen-bond donors (Lipinski definition) is 8. The lowest BCUT2D eigenvalue weighted by atomic mass is 9.92. The number of aromatic nitrogens is 4. The number of nitrogens with zero attached hydrogens (tertiary/aromatic N) is 6. The summed E-state index contributed by atoms with van der Waals surface area (Å²) in [4.78, 5) is 84.3. The van der Waals surface area contributed by atoms with Crippen molar-refractivity contribution in [1.82, 2.24) is 28.9 Å². The van der Waals surface area contributed by atoms with Crippen molar-refractivity contribution in [2.24, 2.45) is 10.4 Å². The number of alkyl halides is 4. The molecule has 0 bridgehead atoms. The van der Waals surface area contributed by atoms with E-state index < -0.39 is 102 Å². The lowest BCUT2D eigenvalue weighted by molar-refractivity contribution is -0.135. The predicted molar refractivity (Wildman–Crippen MR) is 266 cm³/mol. The molecular formula is C43H41Cl2F5N9O17PS2. The van der Waals surface area contributed by atoms with Crippen molar-refractivity contribution in [3.8, 4) is 35.6 Å². The van der Waals surface area contributed by atoms with Crippen molar-refractivity contribution in [1.29, 1.82) is 0 Å². The quantitative estimate of drug-likeness (QED) is 0.0336. The molecule has 36 heteroatoms. The van der Waals surface area contributed by atoms with E-state index in [1.807, 2.05) is 4.57 Å². The van der Waals surface area contributed by atoms with E-state index in [0.717, 1.165) is 30.9 Å². The first-order valence-electron chi connectivity index (χ1n) is 21.3. The van der Waals surface area contributed by atoms with Gasteiger partial charge in [0.05, 0.1) is 53.8 Å². The molecule has 8 N–H and O–H groups in total. The van der Waals surface area contributed by atoms with Gasteiger partial charge in [-0.3, -0.25) is 29.7 Å². The predicted octanol–water partition coefficient (Wildman–Crippen LogP) is 5.64. The number of terminal acetylenes is 1. The molecule has 3 amide bonds. The van der Waals surface area contributed by atoms with Crippen molar-refractivity contribution >= 4 is 99.5 Å². The summed E-state index contributed by atoms with van der Waals surface area (Å²) in [6.07, 6.45) is 5.62. The Kier molecular flexibility index (Phi) is 22.4. The van der Waals surface area contributed by atoms with Gasteiger partial charge in [-0.05, 0) is 35.7 Å². The molecule has 426 valence electrons. The first-order valence-corrected chi connectivity index (χ1v) is 26.1. The number of methoxy groups -OCH3 is 1. The number of anilines is 2. The van der Waals surface area contributed by atoms with E-state index in [1.54, 1.807) is 5.32 Å². The number of carbonyl (C=O) groups is 5. The Bertz CT molecular complexity index is 3360. The van der Waals surface area contributed by atoms with Crippen LogP contribution in [0.5, 0.6) is 23.3 Å². The van der Waals surface area contributed by atoms with Crippen LogP contribution in [0.25, 0.3) is 0 Å². The number of amides is 3. The lowest BCUT2D eigenvalue weighted by Crippen LogP contribution is -2.39. The fraction of sp³-hybridized carbons (Fsp3) is 0.279. The van der Waals surface area contributed by atoms with Crippen LogP contribution in [0.4, 0.5) is 44.1 Å². The maximum absolute atomic E-state index is 14.5. The summed E-state index contributed by atoms with van der Waals surface area (Å²) in [6.45, 7) is -2.20. The smallest absolute Gasteiger partial charge is 0.388 e. The van der Waals surface area contributed by atoms with E-state index in [9.17, 15) is 58.9 Å². The number of halogens is 7. The molecule has 26 nitrogen and oxygen atoms in total. The fourth-order valence-electron chi connectivity index (χ4n) is 6.43. The second-order valence-corrected chi connectivity index (χ2v) is 20.9. The normalized spacial score (nSPS) is 13.4. The molecule has 0 aliphatic carbocycles. The molecule has 0 fully saturated rings. The van der Waals surface area contributed by atoms with Crippen molar-refractivity contribution in [2.45, 2.75) is 44.9 Å². The van der Waals surface area contributed by atoms with Crippen LogP contribution < -0.4 is 44.0 Å². The molecule has 0 radical (unpaired) electrons. The third kappa shape index (κ3) is 19.0. The fourth-order valence-corrected chi connectivity index (χ4v) is 9.16. The van der Waals surface area contributed by atoms with E-state index in [2.05, 4.69) is 53.9 Å². The summed E-state index contributed by atoms with van der Waals surface area (Å²) in [5.41, 5.74) is -0.0806. The largest absolute Gasteiger partial charge is 0.494 e. The van der Waals surface area contributed by atoms with Gasteiger partial charge in [0.2, 0.25) is 22.5 Å². The standard InChI is InChI=1S/C18H17FN4O2S.C14H10F4N4O7S.C8H6Cl2O3.C3H8NO5P/c1-4-5-22-13-7-12(11(19)6-14(13)25-9-16(22)24)20-17-23-10-18(2,3)8-15(23)21-26-17;15-11(16)28-8-5-9(29-12(17)18)20-13(19-8)21-14(25)22-30(26,27)7-4-2-1-3-6(7)10(23)24;1-13-7-5(10)3-2-4(9)6(7)8(11)12;5-3(6)1-4-2-10(7,8)9/h1,6-7H,5,8-10H2,2-3H3;1-5,11-12H,(H,23,24)(H2,19,20,21,22,25);2-3H,1H3,(H,11,12);4H,1-2H2,(H,5,6)(H2,7,8,9). The number of benzene rings is 3. The second kappa shape index (κ2) is 27.8. The third-order valence-electron chi connectivity index (χ3n) is 9.46. The third-order valence-corrected chi connectivity index (χ3v) is 12.9. The van der Waals surface area contributed by atoms with Crippen LogP contribution in [0.15, 0.2) is 64.5 Å². The van der Waals surface area contributed by atoms with Crippen LogP contribution in [0, 0.1) is 23.6 Å². The minimum absolute atomic E-state index is 0.0849. The molecule has 0 saturated carbocycles. The van der Waals surface area contributed by atoms with Gasteiger partial charge >= 0.3 is 44.8 Å². The minimum Gasteiger partial charge on any atom is -0.494 e. The molecule has 2 aromatic heterocycles. The van der Waals surface area contributed by atoms with E-state index >= 15 is 0 Å². The number of fused-ring (bicyclic) bond motifs is 2. The Balaban J connectivity index is 0.000000247. The van der Waals surface area contributed by atoms with E-state index in [-0.39, 0.29) is 51.5 Å². The monoisotopic (exact) mass is 1220 g/mol. The topological polar surface area (TPSA) is 370 Å². The molecule has 0 spiro atoms. The number of aromatic carboxylic acids is 2. The number of hydrogen-bond acceptors (Lipinski definition) is 18. The van der Waals surface area contributed by atoms with Gasteiger partial charge < -0.3 is 48.6 Å². The molecule has 5 aromatic rings. The van der Waals surface area contributed by atoms with Crippen molar-refractivity contribution in [3.05, 3.63) is 92.2 Å². The SMILES string of the molecule is C#CCN1C(=O)COc2cc(F)c(N=c3snc4n3CC(C)(C)C4)cc21.COc1c(Cl)ccc(Cl)c1C(=O)O.O=C(Nc1nc(OC(F)F)cc(OC(F)F)n1)NS(=O)(=O)c1ccccc1C(=O)O.O=C(O)CNCP(=O)(O)O. The van der Waals surface area contributed by atoms with Crippen LogP contribution in [0.3, 0.4) is 0 Å².